The highest BCUT2D eigenvalue weighted by Crippen LogP contribution is 2.26. The molecule has 10 nitrogen and oxygen atoms in total. The zero-order valence-corrected chi connectivity index (χ0v) is 19.2. The number of fused-ring (bicyclic) bond motifs is 1. The Kier molecular flexibility index (Phi) is 6.57. The summed E-state index contributed by atoms with van der Waals surface area (Å²) in [5.41, 5.74) is 1.39. The molecule has 2 atom stereocenters. The molecule has 2 aromatic rings. The highest BCUT2D eigenvalue weighted by molar-refractivity contribution is 6.30. The van der Waals surface area contributed by atoms with Crippen LogP contribution in [-0.2, 0) is 11.3 Å². The second kappa shape index (κ2) is 9.40. The molecule has 0 spiro atoms. The third-order valence-corrected chi connectivity index (χ3v) is 6.39. The Labute approximate surface area is 196 Å². The number of hydrogen-bond acceptors (Lipinski definition) is 5. The van der Waals surface area contributed by atoms with Crippen molar-refractivity contribution in [1.29, 1.82) is 0 Å². The van der Waals surface area contributed by atoms with Crippen LogP contribution in [0.4, 0.5) is 15.3 Å². The number of carbonyl (C=O) groups excluding carboxylic acids is 3. The molecule has 11 heteroatoms. The average molecular weight is 475 g/mol. The molecule has 4 rings (SSSR count). The van der Waals surface area contributed by atoms with Gasteiger partial charge in [-0.25, -0.2) is 14.6 Å². The van der Waals surface area contributed by atoms with Crippen LogP contribution in [0.5, 0.6) is 0 Å². The third kappa shape index (κ3) is 4.81. The first kappa shape index (κ1) is 23.1. The number of aryl methyl sites for hydroxylation is 1. The lowest BCUT2D eigenvalue weighted by Crippen LogP contribution is -2.57. The van der Waals surface area contributed by atoms with Gasteiger partial charge in [0.15, 0.2) is 0 Å². The molecule has 0 radical (unpaired) electrons. The van der Waals surface area contributed by atoms with Gasteiger partial charge in [0.05, 0.1) is 24.5 Å². The van der Waals surface area contributed by atoms with Gasteiger partial charge in [0.1, 0.15) is 11.9 Å². The second-order valence-electron chi connectivity index (χ2n) is 8.42. The van der Waals surface area contributed by atoms with Crippen LogP contribution in [0, 0.1) is 6.92 Å². The monoisotopic (exact) mass is 474 g/mol. The molecule has 0 bridgehead atoms. The molecule has 2 aliphatic heterocycles. The van der Waals surface area contributed by atoms with Crippen molar-refractivity contribution < 1.29 is 19.5 Å². The number of imidazole rings is 1. The fraction of sp³-hybridized carbons (Fsp3) is 0.455. The zero-order chi connectivity index (χ0) is 23.7. The Hall–Kier alpha value is -3.11. The zero-order valence-electron chi connectivity index (χ0n) is 18.5. The van der Waals surface area contributed by atoms with E-state index in [1.807, 2.05) is 4.90 Å². The van der Waals surface area contributed by atoms with E-state index in [2.05, 4.69) is 15.6 Å². The van der Waals surface area contributed by atoms with Crippen LogP contribution >= 0.6 is 11.6 Å². The number of likely N-dealkylation sites (tertiary alicyclic amines) is 1. The summed E-state index contributed by atoms with van der Waals surface area (Å²) in [6.07, 6.45) is 1.89. The van der Waals surface area contributed by atoms with E-state index in [1.165, 1.54) is 6.92 Å². The predicted molar refractivity (Wildman–Crippen MR) is 122 cm³/mol. The molecule has 0 saturated carbocycles. The highest BCUT2D eigenvalue weighted by atomic mass is 35.5. The second-order valence-corrected chi connectivity index (χ2v) is 8.86. The largest absolute Gasteiger partial charge is 0.391 e. The van der Waals surface area contributed by atoms with Gasteiger partial charge in [-0.05, 0) is 51.0 Å². The first-order valence-corrected chi connectivity index (χ1v) is 11.3. The van der Waals surface area contributed by atoms with E-state index in [0.717, 1.165) is 5.69 Å². The van der Waals surface area contributed by atoms with Crippen molar-refractivity contribution in [2.75, 3.05) is 18.4 Å². The SMILES string of the molecule is Cc1ncc2n1C(=O)N(C1CCN(C(=O)[C@H](NC(=O)Nc3ccc(Cl)cc3)C(C)O)CC1)C2. The van der Waals surface area contributed by atoms with Gasteiger partial charge in [-0.1, -0.05) is 11.6 Å². The molecular formula is C22H27ClN6O4. The van der Waals surface area contributed by atoms with Crippen LogP contribution in [-0.4, -0.2) is 73.7 Å². The number of benzene rings is 1. The summed E-state index contributed by atoms with van der Waals surface area (Å²) >= 11 is 5.85. The first-order chi connectivity index (χ1) is 15.7. The van der Waals surface area contributed by atoms with Crippen LogP contribution in [0.1, 0.15) is 31.3 Å². The molecule has 1 saturated heterocycles. The van der Waals surface area contributed by atoms with Crippen molar-refractivity contribution in [2.24, 2.45) is 0 Å². The Bertz CT molecular complexity index is 1050. The highest BCUT2D eigenvalue weighted by Gasteiger charge is 2.38. The standard InChI is InChI=1S/C22H27ClN6O4/c1-13(30)19(26-21(32)25-16-5-3-15(23)4-6-16)20(31)27-9-7-17(8-10-27)28-12-18-11-24-14(2)29(18)22(28)33/h3-6,11,13,17,19,30H,7-10,12H2,1-2H3,(H2,25,26,32)/t13?,19-/m1/s1. The van der Waals surface area contributed by atoms with Gasteiger partial charge in [-0.3, -0.25) is 9.36 Å². The molecule has 1 aromatic carbocycles. The van der Waals surface area contributed by atoms with Gasteiger partial charge in [0, 0.05) is 29.8 Å². The number of nitrogens with zero attached hydrogens (tertiary/aromatic N) is 4. The lowest BCUT2D eigenvalue weighted by Gasteiger charge is -2.38. The number of piperidine rings is 1. The van der Waals surface area contributed by atoms with E-state index in [4.69, 9.17) is 11.6 Å². The third-order valence-electron chi connectivity index (χ3n) is 6.13. The van der Waals surface area contributed by atoms with Crippen LogP contribution in [0.2, 0.25) is 5.02 Å². The lowest BCUT2D eigenvalue weighted by molar-refractivity contribution is -0.137. The minimum atomic E-state index is -1.09. The van der Waals surface area contributed by atoms with E-state index in [-0.39, 0.29) is 18.0 Å². The number of rotatable bonds is 5. The summed E-state index contributed by atoms with van der Waals surface area (Å²) in [5.74, 6) is 0.321. The smallest absolute Gasteiger partial charge is 0.330 e. The van der Waals surface area contributed by atoms with E-state index in [9.17, 15) is 19.5 Å². The minimum absolute atomic E-state index is 0.0204. The van der Waals surface area contributed by atoms with Crippen molar-refractivity contribution in [3.05, 3.63) is 47.0 Å². The maximum Gasteiger partial charge on any atom is 0.330 e. The summed E-state index contributed by atoms with van der Waals surface area (Å²) in [4.78, 5) is 45.8. The number of hydrogen-bond donors (Lipinski definition) is 3. The molecule has 33 heavy (non-hydrogen) atoms. The number of aliphatic hydroxyl groups excluding tert-OH is 1. The number of carbonyl (C=O) groups is 3. The number of aliphatic hydroxyl groups is 1. The molecule has 1 fully saturated rings. The van der Waals surface area contributed by atoms with Gasteiger partial charge in [0.25, 0.3) is 0 Å². The molecule has 1 unspecified atom stereocenters. The predicted octanol–water partition coefficient (Wildman–Crippen LogP) is 2.19. The average Bonchev–Trinajstić information content (AvgIpc) is 3.32. The normalized spacial score (nSPS) is 18.1. The Balaban J connectivity index is 1.33. The minimum Gasteiger partial charge on any atom is -0.391 e. The van der Waals surface area contributed by atoms with Crippen molar-refractivity contribution in [2.45, 2.75) is 51.4 Å². The van der Waals surface area contributed by atoms with E-state index >= 15 is 0 Å². The summed E-state index contributed by atoms with van der Waals surface area (Å²) in [7, 11) is 0. The summed E-state index contributed by atoms with van der Waals surface area (Å²) in [6, 6.07) is 4.81. The quantitative estimate of drug-likeness (QED) is 0.613. The summed E-state index contributed by atoms with van der Waals surface area (Å²) < 4.78 is 1.63. The molecule has 3 N–H and O–H groups in total. The lowest BCUT2D eigenvalue weighted by atomic mass is 10.0. The molecular weight excluding hydrogens is 448 g/mol. The van der Waals surface area contributed by atoms with Gasteiger partial charge < -0.3 is 25.5 Å². The van der Waals surface area contributed by atoms with Crippen LogP contribution < -0.4 is 10.6 Å². The molecule has 3 heterocycles. The van der Waals surface area contributed by atoms with Crippen molar-refractivity contribution in [3.63, 3.8) is 0 Å². The van der Waals surface area contributed by atoms with Gasteiger partial charge >= 0.3 is 12.1 Å². The van der Waals surface area contributed by atoms with Crippen LogP contribution in [0.25, 0.3) is 0 Å². The molecule has 2 aliphatic rings. The van der Waals surface area contributed by atoms with Crippen molar-refractivity contribution in [1.82, 2.24) is 24.7 Å². The van der Waals surface area contributed by atoms with Crippen LogP contribution in [0.15, 0.2) is 30.5 Å². The van der Waals surface area contributed by atoms with E-state index < -0.39 is 18.2 Å². The molecule has 4 amide bonds. The van der Waals surface area contributed by atoms with E-state index in [1.54, 1.807) is 46.9 Å². The molecule has 0 aliphatic carbocycles. The Morgan fingerprint density at radius 1 is 1.21 bits per heavy atom. The van der Waals surface area contributed by atoms with Crippen molar-refractivity contribution in [3.8, 4) is 0 Å². The maximum atomic E-state index is 13.1. The summed E-state index contributed by atoms with van der Waals surface area (Å²) in [6.45, 7) is 4.65. The van der Waals surface area contributed by atoms with Gasteiger partial charge in [-0.2, -0.15) is 0 Å². The Morgan fingerprint density at radius 2 is 1.88 bits per heavy atom. The number of anilines is 1. The maximum absolute atomic E-state index is 13.1. The number of halogens is 1. The summed E-state index contributed by atoms with van der Waals surface area (Å²) in [5, 5.41) is 15.9. The number of nitrogens with one attached hydrogen (secondary N) is 2. The fourth-order valence-corrected chi connectivity index (χ4v) is 4.47. The van der Waals surface area contributed by atoms with Crippen molar-refractivity contribution >= 4 is 35.3 Å². The van der Waals surface area contributed by atoms with E-state index in [0.29, 0.717) is 49.0 Å². The Morgan fingerprint density at radius 3 is 2.48 bits per heavy atom. The number of aromatic nitrogens is 2. The molecule has 1 aromatic heterocycles. The number of amides is 4. The molecule has 176 valence electrons. The van der Waals surface area contributed by atoms with Gasteiger partial charge in [0.2, 0.25) is 5.91 Å². The first-order valence-electron chi connectivity index (χ1n) is 10.9. The van der Waals surface area contributed by atoms with Crippen LogP contribution in [0.3, 0.4) is 0 Å². The topological polar surface area (TPSA) is 120 Å². The number of urea groups is 1. The fourth-order valence-electron chi connectivity index (χ4n) is 4.34. The van der Waals surface area contributed by atoms with Gasteiger partial charge in [-0.15, -0.1) is 0 Å².